The summed E-state index contributed by atoms with van der Waals surface area (Å²) in [5, 5.41) is 28.4. The Balaban J connectivity index is 2.70. The molecule has 0 saturated carbocycles. The van der Waals surface area contributed by atoms with Gasteiger partial charge in [0.05, 0.1) is 6.10 Å². The van der Waals surface area contributed by atoms with Crippen LogP contribution in [0.25, 0.3) is 0 Å². The van der Waals surface area contributed by atoms with E-state index in [0.717, 1.165) is 0 Å². The topological polar surface area (TPSA) is 89.8 Å². The molecule has 1 aliphatic heterocycles. The minimum atomic E-state index is -1.72. The Bertz CT molecular complexity index is 168. The Morgan fingerprint density at radius 2 is 2.09 bits per heavy atom. The van der Waals surface area contributed by atoms with Gasteiger partial charge in [-0.2, -0.15) is 0 Å². The van der Waals surface area contributed by atoms with Crippen molar-refractivity contribution in [2.24, 2.45) is 0 Å². The van der Waals surface area contributed by atoms with Crippen LogP contribution in [0.5, 0.6) is 0 Å². The second-order valence-corrected chi connectivity index (χ2v) is 2.48. The van der Waals surface area contributed by atoms with Crippen LogP contribution in [0.15, 0.2) is 0 Å². The molecule has 5 heteroatoms. The molecule has 1 fully saturated rings. The first-order valence-corrected chi connectivity index (χ1v) is 3.25. The Kier molecular flexibility index (Phi) is 2.24. The first-order valence-electron chi connectivity index (χ1n) is 3.25. The minimum Gasteiger partial charge on any atom is -0.829 e. The summed E-state index contributed by atoms with van der Waals surface area (Å²) >= 11 is 0. The highest BCUT2D eigenvalue weighted by Gasteiger charge is 2.36. The maximum atomic E-state index is 10.8. The summed E-state index contributed by atoms with van der Waals surface area (Å²) in [6, 6.07) is 0. The van der Waals surface area contributed by atoms with Crippen LogP contribution < -0.4 is 5.11 Å². The minimum absolute atomic E-state index is 0.649. The van der Waals surface area contributed by atoms with Crippen LogP contribution in [-0.4, -0.2) is 40.6 Å². The van der Waals surface area contributed by atoms with Gasteiger partial charge in [-0.25, -0.2) is 0 Å². The van der Waals surface area contributed by atoms with E-state index in [0.29, 0.717) is 0 Å². The predicted octanol–water partition coefficient (Wildman–Crippen LogP) is -2.62. The number of rotatable bonds is 0. The van der Waals surface area contributed by atoms with Crippen molar-refractivity contribution in [1.82, 2.24) is 0 Å². The number of Topliss-reactive ketones (excluding diaryl/α,β-unsaturated/α-hetero) is 1. The molecule has 0 aromatic carbocycles. The molecule has 64 valence electrons. The third kappa shape index (κ3) is 1.41. The van der Waals surface area contributed by atoms with Gasteiger partial charge in [-0.3, -0.25) is 4.79 Å². The molecule has 0 spiro atoms. The van der Waals surface area contributed by atoms with Gasteiger partial charge in [-0.15, -0.1) is 0 Å². The highest BCUT2D eigenvalue weighted by molar-refractivity contribution is 5.88. The molecule has 5 nitrogen and oxygen atoms in total. The second-order valence-electron chi connectivity index (χ2n) is 2.48. The van der Waals surface area contributed by atoms with Crippen molar-refractivity contribution < 1.29 is 24.9 Å². The van der Waals surface area contributed by atoms with E-state index in [4.69, 9.17) is 10.2 Å². The molecule has 4 atom stereocenters. The number of ketones is 1. The number of aliphatic hydroxyl groups excluding tert-OH is 2. The van der Waals surface area contributed by atoms with Gasteiger partial charge in [-0.05, 0) is 6.92 Å². The zero-order valence-corrected chi connectivity index (χ0v) is 5.93. The number of ether oxygens (including phenoxy) is 1. The summed E-state index contributed by atoms with van der Waals surface area (Å²) in [5.74, 6) is -0.649. The Morgan fingerprint density at radius 3 is 2.64 bits per heavy atom. The smallest absolute Gasteiger partial charge is 0.192 e. The van der Waals surface area contributed by atoms with E-state index in [9.17, 15) is 9.90 Å². The van der Waals surface area contributed by atoms with Gasteiger partial charge >= 0.3 is 0 Å². The monoisotopic (exact) mass is 161 g/mol. The summed E-state index contributed by atoms with van der Waals surface area (Å²) in [7, 11) is 0. The van der Waals surface area contributed by atoms with Gasteiger partial charge < -0.3 is 20.1 Å². The molecule has 1 heterocycles. The Morgan fingerprint density at radius 1 is 1.55 bits per heavy atom. The quantitative estimate of drug-likeness (QED) is 0.406. The Hall–Kier alpha value is -0.490. The summed E-state index contributed by atoms with van der Waals surface area (Å²) in [6.45, 7) is 1.36. The molecule has 1 saturated heterocycles. The summed E-state index contributed by atoms with van der Waals surface area (Å²) in [5.41, 5.74) is 0. The van der Waals surface area contributed by atoms with Crippen molar-refractivity contribution >= 4 is 5.78 Å². The molecule has 0 aromatic heterocycles. The van der Waals surface area contributed by atoms with Gasteiger partial charge in [0.2, 0.25) is 0 Å². The number of hydrogen-bond donors (Lipinski definition) is 2. The van der Waals surface area contributed by atoms with Crippen molar-refractivity contribution in [3.05, 3.63) is 0 Å². The van der Waals surface area contributed by atoms with Gasteiger partial charge in [0, 0.05) is 6.29 Å². The van der Waals surface area contributed by atoms with Gasteiger partial charge in [0.25, 0.3) is 0 Å². The summed E-state index contributed by atoms with van der Waals surface area (Å²) < 4.78 is 4.47. The molecule has 0 radical (unpaired) electrons. The average Bonchev–Trinajstić information content (AvgIpc) is 1.97. The van der Waals surface area contributed by atoms with Crippen molar-refractivity contribution in [3.8, 4) is 0 Å². The highest BCUT2D eigenvalue weighted by atomic mass is 16.6. The zero-order valence-electron chi connectivity index (χ0n) is 5.93. The molecule has 1 rings (SSSR count). The SMILES string of the molecule is CC1O[C@@H]([O-])C(O)C(O)C1=O. The second kappa shape index (κ2) is 2.86. The summed E-state index contributed by atoms with van der Waals surface area (Å²) in [6.07, 6.45) is -5.88. The van der Waals surface area contributed by atoms with E-state index < -0.39 is 30.4 Å². The molecule has 11 heavy (non-hydrogen) atoms. The van der Waals surface area contributed by atoms with Crippen LogP contribution in [0.2, 0.25) is 0 Å². The van der Waals surface area contributed by atoms with Crippen molar-refractivity contribution in [2.75, 3.05) is 0 Å². The lowest BCUT2D eigenvalue weighted by molar-refractivity contribution is -0.519. The van der Waals surface area contributed by atoms with Crippen LogP contribution >= 0.6 is 0 Å². The van der Waals surface area contributed by atoms with Crippen molar-refractivity contribution in [3.63, 3.8) is 0 Å². The highest BCUT2D eigenvalue weighted by Crippen LogP contribution is 2.13. The molecule has 0 amide bonds. The predicted molar refractivity (Wildman–Crippen MR) is 31.4 cm³/mol. The van der Waals surface area contributed by atoms with E-state index in [2.05, 4.69) is 4.74 Å². The van der Waals surface area contributed by atoms with Crippen LogP contribution in [-0.2, 0) is 9.53 Å². The van der Waals surface area contributed by atoms with Crippen LogP contribution in [0.1, 0.15) is 6.92 Å². The first kappa shape index (κ1) is 8.61. The molecule has 1 aliphatic rings. The molecule has 0 aliphatic carbocycles. The van der Waals surface area contributed by atoms with Crippen LogP contribution in [0.3, 0.4) is 0 Å². The third-order valence-electron chi connectivity index (χ3n) is 1.63. The van der Waals surface area contributed by atoms with E-state index in [1.165, 1.54) is 6.92 Å². The van der Waals surface area contributed by atoms with E-state index in [1.807, 2.05) is 0 Å². The third-order valence-corrected chi connectivity index (χ3v) is 1.63. The lowest BCUT2D eigenvalue weighted by Crippen LogP contribution is -2.58. The Labute approximate surface area is 63.2 Å². The fourth-order valence-corrected chi connectivity index (χ4v) is 0.906. The molecule has 3 unspecified atom stereocenters. The number of carbonyl (C=O) groups is 1. The standard InChI is InChI=1S/C6H9O5/c1-2-3(7)4(8)5(9)6(10)11-2/h2,4-6,8-9H,1H3/q-1/t2?,4?,5?,6-/m1/s1. The number of aliphatic hydroxyl groups is 2. The lowest BCUT2D eigenvalue weighted by atomic mass is 10.0. The van der Waals surface area contributed by atoms with Crippen molar-refractivity contribution in [1.29, 1.82) is 0 Å². The fourth-order valence-electron chi connectivity index (χ4n) is 0.906. The first-order chi connectivity index (χ1) is 5.04. The normalized spacial score (nSPS) is 46.0. The molecular formula is C6H9O5-. The van der Waals surface area contributed by atoms with Gasteiger partial charge in [0.1, 0.15) is 12.2 Å². The largest absolute Gasteiger partial charge is 0.829 e. The van der Waals surface area contributed by atoms with E-state index in [1.54, 1.807) is 0 Å². The summed E-state index contributed by atoms with van der Waals surface area (Å²) in [4.78, 5) is 10.8. The fraction of sp³-hybridized carbons (Fsp3) is 0.833. The van der Waals surface area contributed by atoms with E-state index in [-0.39, 0.29) is 0 Å². The average molecular weight is 161 g/mol. The number of carbonyl (C=O) groups excluding carboxylic acids is 1. The number of hydrogen-bond acceptors (Lipinski definition) is 5. The van der Waals surface area contributed by atoms with E-state index >= 15 is 0 Å². The molecule has 2 N–H and O–H groups in total. The zero-order chi connectivity index (χ0) is 8.59. The molecule has 0 aromatic rings. The van der Waals surface area contributed by atoms with Crippen molar-refractivity contribution in [2.45, 2.75) is 31.5 Å². The molecule has 0 bridgehead atoms. The maximum absolute atomic E-state index is 10.8. The maximum Gasteiger partial charge on any atom is 0.192 e. The van der Waals surface area contributed by atoms with Gasteiger partial charge in [0.15, 0.2) is 5.78 Å². The van der Waals surface area contributed by atoms with Crippen LogP contribution in [0.4, 0.5) is 0 Å². The van der Waals surface area contributed by atoms with Crippen LogP contribution in [0, 0.1) is 0 Å². The van der Waals surface area contributed by atoms with Gasteiger partial charge in [-0.1, -0.05) is 0 Å². The lowest BCUT2D eigenvalue weighted by Gasteiger charge is -2.38. The molecular weight excluding hydrogens is 152 g/mol.